The summed E-state index contributed by atoms with van der Waals surface area (Å²) in [4.78, 5) is 28.5. The monoisotopic (exact) mass is 603 g/mol. The zero-order valence-electron chi connectivity index (χ0n) is 22.9. The average molecular weight is 605 g/mol. The van der Waals surface area contributed by atoms with Gasteiger partial charge in [0.1, 0.15) is 12.6 Å². The van der Waals surface area contributed by atoms with Gasteiger partial charge in [0.25, 0.3) is 10.0 Å². The van der Waals surface area contributed by atoms with Gasteiger partial charge in [-0.05, 0) is 61.2 Å². The van der Waals surface area contributed by atoms with Crippen molar-refractivity contribution >= 4 is 50.7 Å². The van der Waals surface area contributed by atoms with Gasteiger partial charge in [-0.15, -0.1) is 0 Å². The Balaban J connectivity index is 2.04. The van der Waals surface area contributed by atoms with Crippen molar-refractivity contribution < 1.29 is 18.0 Å². The average Bonchev–Trinajstić information content (AvgIpc) is 2.96. The molecule has 214 valence electrons. The van der Waals surface area contributed by atoms with Gasteiger partial charge in [0, 0.05) is 13.1 Å². The number of nitrogens with one attached hydrogen (secondary N) is 1. The van der Waals surface area contributed by atoms with Crippen LogP contribution in [-0.4, -0.2) is 44.3 Å². The van der Waals surface area contributed by atoms with Crippen LogP contribution in [0.5, 0.6) is 0 Å². The third-order valence-corrected chi connectivity index (χ3v) is 9.10. The summed E-state index contributed by atoms with van der Waals surface area (Å²) >= 11 is 12.3. The molecule has 7 nitrogen and oxygen atoms in total. The summed E-state index contributed by atoms with van der Waals surface area (Å²) in [5.41, 5.74) is 1.84. The number of carbonyl (C=O) groups is 2. The Morgan fingerprint density at radius 3 is 2.25 bits per heavy atom. The Bertz CT molecular complexity index is 1420. The summed E-state index contributed by atoms with van der Waals surface area (Å²) in [6.45, 7) is 5.59. The fraction of sp³-hybridized carbons (Fsp3) is 0.333. The van der Waals surface area contributed by atoms with Gasteiger partial charge in [0.15, 0.2) is 0 Å². The van der Waals surface area contributed by atoms with E-state index < -0.39 is 28.5 Å². The molecule has 3 rings (SSSR count). The van der Waals surface area contributed by atoms with Crippen molar-refractivity contribution in [3.8, 4) is 0 Å². The summed E-state index contributed by atoms with van der Waals surface area (Å²) in [5.74, 6) is -0.858. The van der Waals surface area contributed by atoms with Crippen LogP contribution in [0.4, 0.5) is 5.69 Å². The molecule has 0 aliphatic rings. The molecule has 10 heteroatoms. The van der Waals surface area contributed by atoms with Crippen molar-refractivity contribution in [2.24, 2.45) is 0 Å². The Hall–Kier alpha value is -3.07. The molecule has 0 heterocycles. The number of halogens is 2. The van der Waals surface area contributed by atoms with Crippen LogP contribution in [-0.2, 0) is 32.6 Å². The Morgan fingerprint density at radius 1 is 0.925 bits per heavy atom. The van der Waals surface area contributed by atoms with Crippen molar-refractivity contribution in [3.63, 3.8) is 0 Å². The molecule has 0 unspecified atom stereocenters. The molecular formula is C30H35Cl2N3O4S. The van der Waals surface area contributed by atoms with E-state index in [9.17, 15) is 18.0 Å². The van der Waals surface area contributed by atoms with Crippen LogP contribution in [0.25, 0.3) is 0 Å². The number of carbonyl (C=O) groups excluding carboxylic acids is 2. The summed E-state index contributed by atoms with van der Waals surface area (Å²) in [7, 11) is -4.12. The largest absolute Gasteiger partial charge is 0.354 e. The van der Waals surface area contributed by atoms with Crippen LogP contribution in [0.1, 0.15) is 44.7 Å². The molecule has 1 atom stereocenters. The minimum Gasteiger partial charge on any atom is -0.354 e. The number of hydrogen-bond acceptors (Lipinski definition) is 4. The van der Waals surface area contributed by atoms with Gasteiger partial charge in [-0.3, -0.25) is 13.9 Å². The standard InChI is InChI=1S/C30H35Cl2N3O4S/c1-4-6-18-33-30(37)22(3)34(20-23-16-17-26(31)27(32)19-23)29(36)21-35(28-15-11-10-12-24(28)5-2)40(38,39)25-13-8-7-9-14-25/h7-17,19,22H,4-6,18,20-21H2,1-3H3,(H,33,37)/t22-/m0/s1. The lowest BCUT2D eigenvalue weighted by Crippen LogP contribution is -2.51. The van der Waals surface area contributed by atoms with Gasteiger partial charge in [-0.2, -0.15) is 0 Å². The van der Waals surface area contributed by atoms with E-state index in [0.717, 1.165) is 22.7 Å². The maximum Gasteiger partial charge on any atom is 0.264 e. The number of anilines is 1. The highest BCUT2D eigenvalue weighted by Crippen LogP contribution is 2.29. The van der Waals surface area contributed by atoms with Crippen molar-refractivity contribution in [1.82, 2.24) is 10.2 Å². The highest BCUT2D eigenvalue weighted by atomic mass is 35.5. The maximum atomic E-state index is 14.0. The number of hydrogen-bond donors (Lipinski definition) is 1. The molecule has 0 spiro atoms. The summed E-state index contributed by atoms with van der Waals surface area (Å²) in [6.07, 6.45) is 2.27. The van der Waals surface area contributed by atoms with Gasteiger partial charge < -0.3 is 10.2 Å². The summed E-state index contributed by atoms with van der Waals surface area (Å²) in [5, 5.41) is 3.55. The normalized spacial score (nSPS) is 12.0. The molecule has 3 aromatic rings. The van der Waals surface area contributed by atoms with Crippen molar-refractivity contribution in [1.29, 1.82) is 0 Å². The first-order chi connectivity index (χ1) is 19.1. The van der Waals surface area contributed by atoms with Crippen molar-refractivity contribution in [3.05, 3.63) is 94.0 Å². The van der Waals surface area contributed by atoms with E-state index in [4.69, 9.17) is 23.2 Å². The number of sulfonamides is 1. The highest BCUT2D eigenvalue weighted by molar-refractivity contribution is 7.92. The first-order valence-corrected chi connectivity index (χ1v) is 15.5. The van der Waals surface area contributed by atoms with E-state index >= 15 is 0 Å². The molecular weight excluding hydrogens is 569 g/mol. The van der Waals surface area contributed by atoms with Crippen LogP contribution in [0.3, 0.4) is 0 Å². The smallest absolute Gasteiger partial charge is 0.264 e. The van der Waals surface area contributed by atoms with Gasteiger partial charge in [0.2, 0.25) is 11.8 Å². The number of amides is 2. The topological polar surface area (TPSA) is 86.8 Å². The molecule has 0 aliphatic carbocycles. The first kappa shape index (κ1) is 31.5. The van der Waals surface area contributed by atoms with Crippen LogP contribution in [0.2, 0.25) is 10.0 Å². The quantitative estimate of drug-likeness (QED) is 0.240. The summed E-state index contributed by atoms with van der Waals surface area (Å²) in [6, 6.07) is 19.2. The molecule has 0 bridgehead atoms. The molecule has 40 heavy (non-hydrogen) atoms. The van der Waals surface area contributed by atoms with Crippen LogP contribution < -0.4 is 9.62 Å². The number of rotatable bonds is 13. The lowest BCUT2D eigenvalue weighted by atomic mass is 10.1. The number of aryl methyl sites for hydroxylation is 1. The molecule has 0 radical (unpaired) electrons. The molecule has 0 fully saturated rings. The van der Waals surface area contributed by atoms with Gasteiger partial charge in [0.05, 0.1) is 20.6 Å². The minimum atomic E-state index is -4.12. The summed E-state index contributed by atoms with van der Waals surface area (Å²) < 4.78 is 29.0. The highest BCUT2D eigenvalue weighted by Gasteiger charge is 2.33. The van der Waals surface area contributed by atoms with Crippen molar-refractivity contribution in [2.45, 2.75) is 57.5 Å². The second-order valence-corrected chi connectivity index (χ2v) is 12.1. The lowest BCUT2D eigenvalue weighted by molar-refractivity contribution is -0.139. The van der Waals surface area contributed by atoms with Crippen LogP contribution >= 0.6 is 23.2 Å². The maximum absolute atomic E-state index is 14.0. The number of nitrogens with zero attached hydrogens (tertiary/aromatic N) is 2. The Labute approximate surface area is 247 Å². The second-order valence-electron chi connectivity index (χ2n) is 9.40. The van der Waals surface area contributed by atoms with E-state index in [1.165, 1.54) is 17.0 Å². The Morgan fingerprint density at radius 2 is 1.60 bits per heavy atom. The molecule has 0 aromatic heterocycles. The lowest BCUT2D eigenvalue weighted by Gasteiger charge is -2.32. The minimum absolute atomic E-state index is 0.0345. The van der Waals surface area contributed by atoms with Gasteiger partial charge in [-0.1, -0.05) is 85.9 Å². The predicted octanol–water partition coefficient (Wildman–Crippen LogP) is 6.08. The van der Waals surface area contributed by atoms with E-state index in [1.54, 1.807) is 55.5 Å². The third kappa shape index (κ3) is 7.77. The van der Waals surface area contributed by atoms with Crippen molar-refractivity contribution in [2.75, 3.05) is 17.4 Å². The number of benzene rings is 3. The van der Waals surface area contributed by atoms with Gasteiger partial charge >= 0.3 is 0 Å². The van der Waals surface area contributed by atoms with E-state index in [2.05, 4.69) is 5.32 Å². The van der Waals surface area contributed by atoms with E-state index in [0.29, 0.717) is 34.3 Å². The molecule has 0 saturated carbocycles. The zero-order valence-corrected chi connectivity index (χ0v) is 25.3. The zero-order chi connectivity index (χ0) is 29.3. The SMILES string of the molecule is CCCCNC(=O)[C@H](C)N(Cc1ccc(Cl)c(Cl)c1)C(=O)CN(c1ccccc1CC)S(=O)(=O)c1ccccc1. The molecule has 1 N–H and O–H groups in total. The third-order valence-electron chi connectivity index (χ3n) is 6.59. The first-order valence-electron chi connectivity index (χ1n) is 13.3. The molecule has 2 amide bonds. The van der Waals surface area contributed by atoms with E-state index in [1.807, 2.05) is 26.0 Å². The van der Waals surface area contributed by atoms with Crippen LogP contribution in [0, 0.1) is 0 Å². The molecule has 0 aliphatic heterocycles. The fourth-order valence-corrected chi connectivity index (χ4v) is 6.03. The second kappa shape index (κ2) is 14.5. The number of para-hydroxylation sites is 1. The van der Waals surface area contributed by atoms with Crippen LogP contribution in [0.15, 0.2) is 77.7 Å². The van der Waals surface area contributed by atoms with E-state index in [-0.39, 0.29) is 17.3 Å². The molecule has 0 saturated heterocycles. The number of unbranched alkanes of at least 4 members (excludes halogenated alkanes) is 1. The van der Waals surface area contributed by atoms with Gasteiger partial charge in [-0.25, -0.2) is 8.42 Å². The predicted molar refractivity (Wildman–Crippen MR) is 161 cm³/mol. The fourth-order valence-electron chi connectivity index (χ4n) is 4.24. The Kier molecular flexibility index (Phi) is 11.4. The molecule has 3 aromatic carbocycles.